The highest BCUT2D eigenvalue weighted by molar-refractivity contribution is 5.93. The maximum atomic E-state index is 12.4. The Morgan fingerprint density at radius 1 is 1.50 bits per heavy atom. The number of likely N-dealkylation sites (tertiary alicyclic amines) is 1. The van der Waals surface area contributed by atoms with Crippen molar-refractivity contribution in [1.82, 2.24) is 19.9 Å². The molecule has 1 amide bonds. The maximum absolute atomic E-state index is 12.4. The molecule has 0 aliphatic carbocycles. The minimum Gasteiger partial charge on any atom is -0.356 e. The van der Waals surface area contributed by atoms with Crippen LogP contribution in [-0.2, 0) is 0 Å². The molecule has 3 rings (SSSR count). The van der Waals surface area contributed by atoms with Gasteiger partial charge in [0.05, 0.1) is 5.56 Å². The van der Waals surface area contributed by atoms with Gasteiger partial charge in [-0.1, -0.05) is 0 Å². The average Bonchev–Trinajstić information content (AvgIpc) is 3.17. The lowest BCUT2D eigenvalue weighted by molar-refractivity contribution is 0.0699. The molecule has 102 valence electrons. The third-order valence-corrected chi connectivity index (χ3v) is 3.66. The van der Waals surface area contributed by atoms with E-state index in [-0.39, 0.29) is 11.8 Å². The highest BCUT2D eigenvalue weighted by Gasteiger charge is 2.27. The van der Waals surface area contributed by atoms with Gasteiger partial charge in [0.15, 0.2) is 0 Å². The lowest BCUT2D eigenvalue weighted by Gasteiger charge is -2.31. The number of carbonyl (C=O) groups excluding carboxylic acids is 1. The minimum atomic E-state index is -0.0530. The number of nitriles is 1. The van der Waals surface area contributed by atoms with Crippen molar-refractivity contribution < 1.29 is 4.79 Å². The first-order chi connectivity index (χ1) is 9.78. The van der Waals surface area contributed by atoms with Gasteiger partial charge in [-0.25, -0.2) is 4.98 Å². The molecule has 1 saturated heterocycles. The van der Waals surface area contributed by atoms with Crippen LogP contribution >= 0.6 is 0 Å². The normalized spacial score (nSPS) is 18.8. The molecule has 20 heavy (non-hydrogen) atoms. The zero-order chi connectivity index (χ0) is 13.9. The van der Waals surface area contributed by atoms with E-state index in [1.165, 1.54) is 0 Å². The van der Waals surface area contributed by atoms with Crippen LogP contribution in [0, 0.1) is 11.3 Å². The molecule has 6 nitrogen and oxygen atoms in total. The van der Waals surface area contributed by atoms with Crippen molar-refractivity contribution in [2.75, 3.05) is 13.1 Å². The zero-order valence-electron chi connectivity index (χ0n) is 11.0. The first-order valence-corrected chi connectivity index (χ1v) is 6.65. The lowest BCUT2D eigenvalue weighted by atomic mass is 9.97. The van der Waals surface area contributed by atoms with Gasteiger partial charge in [-0.2, -0.15) is 5.26 Å². The van der Waals surface area contributed by atoms with E-state index in [4.69, 9.17) is 5.26 Å². The molecule has 1 fully saturated rings. The Bertz CT molecular complexity index is 637. The van der Waals surface area contributed by atoms with Gasteiger partial charge < -0.3 is 14.9 Å². The van der Waals surface area contributed by atoms with E-state index in [0.717, 1.165) is 25.2 Å². The fourth-order valence-electron chi connectivity index (χ4n) is 2.64. The molecule has 3 heterocycles. The summed E-state index contributed by atoms with van der Waals surface area (Å²) in [6.07, 6.45) is 7.09. The Hall–Kier alpha value is -2.55. The van der Waals surface area contributed by atoms with Gasteiger partial charge in [-0.05, 0) is 18.9 Å². The summed E-state index contributed by atoms with van der Waals surface area (Å²) < 4.78 is 0. The summed E-state index contributed by atoms with van der Waals surface area (Å²) in [6, 6.07) is 3.62. The standard InChI is InChI=1S/C14H15N5O/c15-7-10-6-12(18-8-10)14(20)19-5-1-2-11(9-19)13-16-3-4-17-13/h3-4,6,8,11,18H,1-2,5,9H2,(H,16,17). The number of rotatable bonds is 2. The summed E-state index contributed by atoms with van der Waals surface area (Å²) >= 11 is 0. The average molecular weight is 269 g/mol. The summed E-state index contributed by atoms with van der Waals surface area (Å²) in [5.74, 6) is 1.14. The number of imidazole rings is 1. The van der Waals surface area contributed by atoms with E-state index >= 15 is 0 Å². The third kappa shape index (κ3) is 2.30. The predicted molar refractivity (Wildman–Crippen MR) is 72.0 cm³/mol. The Kier molecular flexibility index (Phi) is 3.25. The van der Waals surface area contributed by atoms with Gasteiger partial charge in [-0.3, -0.25) is 4.79 Å². The molecule has 2 aromatic rings. The number of nitrogens with zero attached hydrogens (tertiary/aromatic N) is 3. The van der Waals surface area contributed by atoms with Crippen molar-refractivity contribution in [3.8, 4) is 6.07 Å². The Balaban J connectivity index is 1.73. The fourth-order valence-corrected chi connectivity index (χ4v) is 2.64. The SMILES string of the molecule is N#Cc1c[nH]c(C(=O)N2CCCC(c3ncc[nH]3)C2)c1. The summed E-state index contributed by atoms with van der Waals surface area (Å²) in [5, 5.41) is 8.80. The number of amides is 1. The minimum absolute atomic E-state index is 0.0530. The molecule has 0 bridgehead atoms. The summed E-state index contributed by atoms with van der Waals surface area (Å²) in [6.45, 7) is 1.41. The van der Waals surface area contributed by atoms with Crippen LogP contribution in [0.15, 0.2) is 24.7 Å². The molecule has 2 N–H and O–H groups in total. The molecule has 0 aromatic carbocycles. The summed E-state index contributed by atoms with van der Waals surface area (Å²) in [5.41, 5.74) is 0.953. The number of nitrogens with one attached hydrogen (secondary N) is 2. The predicted octanol–water partition coefficient (Wildman–Crippen LogP) is 1.63. The number of H-pyrrole nitrogens is 2. The molecular formula is C14H15N5O. The number of carbonyl (C=O) groups is 1. The number of aromatic amines is 2. The number of hydrogen-bond acceptors (Lipinski definition) is 3. The van der Waals surface area contributed by atoms with E-state index in [0.29, 0.717) is 17.8 Å². The van der Waals surface area contributed by atoms with Crippen molar-refractivity contribution in [3.05, 3.63) is 41.7 Å². The van der Waals surface area contributed by atoms with Crippen LogP contribution in [0.2, 0.25) is 0 Å². The van der Waals surface area contributed by atoms with Gasteiger partial charge >= 0.3 is 0 Å². The van der Waals surface area contributed by atoms with Crippen molar-refractivity contribution in [2.45, 2.75) is 18.8 Å². The smallest absolute Gasteiger partial charge is 0.270 e. The van der Waals surface area contributed by atoms with Crippen LogP contribution in [0.3, 0.4) is 0 Å². The quantitative estimate of drug-likeness (QED) is 0.868. The molecule has 1 unspecified atom stereocenters. The molecule has 0 radical (unpaired) electrons. The highest BCUT2D eigenvalue weighted by atomic mass is 16.2. The van der Waals surface area contributed by atoms with Gasteiger partial charge in [0.25, 0.3) is 5.91 Å². The monoisotopic (exact) mass is 269 g/mol. The molecule has 1 aliphatic heterocycles. The van der Waals surface area contributed by atoms with E-state index in [1.54, 1.807) is 24.7 Å². The second kappa shape index (κ2) is 5.21. The number of hydrogen-bond donors (Lipinski definition) is 2. The van der Waals surface area contributed by atoms with E-state index < -0.39 is 0 Å². The molecule has 1 aliphatic rings. The molecule has 2 aromatic heterocycles. The summed E-state index contributed by atoms with van der Waals surface area (Å²) in [7, 11) is 0. The van der Waals surface area contributed by atoms with Gasteiger partial charge in [0.2, 0.25) is 0 Å². The van der Waals surface area contributed by atoms with Crippen molar-refractivity contribution >= 4 is 5.91 Å². The van der Waals surface area contributed by atoms with Crippen LogP contribution < -0.4 is 0 Å². The first kappa shape index (κ1) is 12.5. The second-order valence-corrected chi connectivity index (χ2v) is 4.98. The van der Waals surface area contributed by atoms with Gasteiger partial charge in [0.1, 0.15) is 17.6 Å². The lowest BCUT2D eigenvalue weighted by Crippen LogP contribution is -2.39. The highest BCUT2D eigenvalue weighted by Crippen LogP contribution is 2.25. The van der Waals surface area contributed by atoms with Gasteiger partial charge in [0, 0.05) is 37.6 Å². The first-order valence-electron chi connectivity index (χ1n) is 6.65. The third-order valence-electron chi connectivity index (χ3n) is 3.66. The Morgan fingerprint density at radius 2 is 2.40 bits per heavy atom. The molecular weight excluding hydrogens is 254 g/mol. The Labute approximate surface area is 116 Å². The molecule has 0 spiro atoms. The van der Waals surface area contributed by atoms with Crippen molar-refractivity contribution in [1.29, 1.82) is 5.26 Å². The van der Waals surface area contributed by atoms with Crippen LogP contribution in [0.25, 0.3) is 0 Å². The largest absolute Gasteiger partial charge is 0.356 e. The van der Waals surface area contributed by atoms with Crippen LogP contribution in [0.5, 0.6) is 0 Å². The van der Waals surface area contributed by atoms with Gasteiger partial charge in [-0.15, -0.1) is 0 Å². The van der Waals surface area contributed by atoms with Crippen molar-refractivity contribution in [3.63, 3.8) is 0 Å². The van der Waals surface area contributed by atoms with E-state index in [9.17, 15) is 4.79 Å². The fraction of sp³-hybridized carbons (Fsp3) is 0.357. The topological polar surface area (TPSA) is 88.6 Å². The second-order valence-electron chi connectivity index (χ2n) is 4.98. The molecule has 1 atom stereocenters. The number of aromatic nitrogens is 3. The molecule has 6 heteroatoms. The number of piperidine rings is 1. The van der Waals surface area contributed by atoms with E-state index in [2.05, 4.69) is 15.0 Å². The van der Waals surface area contributed by atoms with E-state index in [1.807, 2.05) is 11.0 Å². The summed E-state index contributed by atoms with van der Waals surface area (Å²) in [4.78, 5) is 24.5. The van der Waals surface area contributed by atoms with Crippen LogP contribution in [0.4, 0.5) is 0 Å². The zero-order valence-corrected chi connectivity index (χ0v) is 11.0. The Morgan fingerprint density at radius 3 is 3.10 bits per heavy atom. The van der Waals surface area contributed by atoms with Crippen LogP contribution in [0.1, 0.15) is 40.6 Å². The molecule has 0 saturated carbocycles. The maximum Gasteiger partial charge on any atom is 0.270 e. The van der Waals surface area contributed by atoms with Crippen molar-refractivity contribution in [2.24, 2.45) is 0 Å². The van der Waals surface area contributed by atoms with Crippen LogP contribution in [-0.4, -0.2) is 38.8 Å².